The van der Waals surface area contributed by atoms with E-state index in [9.17, 15) is 14.4 Å². The number of nitrogens with zero attached hydrogens (tertiary/aromatic N) is 3. The molecule has 3 amide bonds. The minimum Gasteiger partial charge on any atom is -0.493 e. The van der Waals surface area contributed by atoms with Crippen LogP contribution in [0.1, 0.15) is 84.5 Å². The number of hydrogen-bond acceptors (Lipinski definition) is 8. The third-order valence-corrected chi connectivity index (χ3v) is 8.84. The number of nitrogens with one attached hydrogen (secondary N) is 1. The fraction of sp³-hybridized carbons (Fsp3) is 0.432. The van der Waals surface area contributed by atoms with E-state index in [-0.39, 0.29) is 17.9 Å². The number of hydrogen-bond donors (Lipinski definition) is 1. The van der Waals surface area contributed by atoms with E-state index in [1.54, 1.807) is 47.1 Å². The average Bonchev–Trinajstić information content (AvgIpc) is 3.32. The second kappa shape index (κ2) is 14.5. The van der Waals surface area contributed by atoms with Crippen LogP contribution in [0.15, 0.2) is 66.7 Å². The molecule has 0 aromatic heterocycles. The van der Waals surface area contributed by atoms with E-state index < -0.39 is 17.7 Å². The molecule has 5 rings (SSSR count). The standard InChI is InChI=1S/C37H46N4O6/c1-25(26-12-8-7-9-13-26)39-20-22-40(23-21-39)30-15-10-14-28-33(30)35(43)41(34(28)42)29(16-11-19-38-36(44)47-37(2,3)4)27-17-18-31(45-5)32(24-27)46-6/h7-10,12-15,17-18,24-25,29H,11,16,19-23H2,1-6H3,(H,38,44)/t25-,29?/m1/s1. The van der Waals surface area contributed by atoms with Crippen LogP contribution in [0.3, 0.4) is 0 Å². The summed E-state index contributed by atoms with van der Waals surface area (Å²) in [6.45, 7) is 11.1. The molecule has 3 aromatic carbocycles. The number of alkyl carbamates (subject to hydrolysis) is 1. The van der Waals surface area contributed by atoms with Gasteiger partial charge in [0.25, 0.3) is 11.8 Å². The minimum atomic E-state index is -0.614. The van der Waals surface area contributed by atoms with E-state index in [0.29, 0.717) is 42.0 Å². The highest BCUT2D eigenvalue weighted by atomic mass is 16.6. The fourth-order valence-corrected chi connectivity index (χ4v) is 6.43. The van der Waals surface area contributed by atoms with Crippen molar-refractivity contribution in [1.29, 1.82) is 0 Å². The summed E-state index contributed by atoms with van der Waals surface area (Å²) < 4.78 is 16.4. The Labute approximate surface area is 277 Å². The zero-order chi connectivity index (χ0) is 33.7. The number of imide groups is 1. The summed E-state index contributed by atoms with van der Waals surface area (Å²) >= 11 is 0. The van der Waals surface area contributed by atoms with E-state index in [4.69, 9.17) is 14.2 Å². The van der Waals surface area contributed by atoms with E-state index in [1.165, 1.54) is 10.5 Å². The maximum atomic E-state index is 14.3. The maximum absolute atomic E-state index is 14.3. The van der Waals surface area contributed by atoms with Gasteiger partial charge in [-0.15, -0.1) is 0 Å². The second-order valence-corrected chi connectivity index (χ2v) is 13.0. The third kappa shape index (κ3) is 7.54. The fourth-order valence-electron chi connectivity index (χ4n) is 6.43. The molecule has 1 saturated heterocycles. The van der Waals surface area contributed by atoms with Crippen molar-refractivity contribution in [2.75, 3.05) is 51.8 Å². The molecule has 2 heterocycles. The Morgan fingerprint density at radius 1 is 0.851 bits per heavy atom. The van der Waals surface area contributed by atoms with Crippen molar-refractivity contribution >= 4 is 23.6 Å². The van der Waals surface area contributed by atoms with Gasteiger partial charge in [0.15, 0.2) is 11.5 Å². The molecule has 10 nitrogen and oxygen atoms in total. The van der Waals surface area contributed by atoms with Crippen molar-refractivity contribution in [3.05, 3.63) is 89.0 Å². The molecule has 1 N–H and O–H groups in total. The van der Waals surface area contributed by atoms with Gasteiger partial charge in [-0.3, -0.25) is 19.4 Å². The molecular weight excluding hydrogens is 596 g/mol. The molecule has 47 heavy (non-hydrogen) atoms. The lowest BCUT2D eigenvalue weighted by molar-refractivity contribution is 0.0510. The van der Waals surface area contributed by atoms with Gasteiger partial charge in [0, 0.05) is 38.8 Å². The number of anilines is 1. The summed E-state index contributed by atoms with van der Waals surface area (Å²) in [4.78, 5) is 46.7. The highest BCUT2D eigenvalue weighted by molar-refractivity contribution is 6.24. The van der Waals surface area contributed by atoms with Crippen LogP contribution in [0.25, 0.3) is 0 Å². The van der Waals surface area contributed by atoms with Crippen molar-refractivity contribution < 1.29 is 28.6 Å². The summed E-state index contributed by atoms with van der Waals surface area (Å²) in [5.74, 6) is 0.400. The molecule has 2 aliphatic heterocycles. The smallest absolute Gasteiger partial charge is 0.407 e. The van der Waals surface area contributed by atoms with E-state index in [0.717, 1.165) is 37.4 Å². The molecule has 2 atom stereocenters. The van der Waals surface area contributed by atoms with Crippen LogP contribution < -0.4 is 19.7 Å². The van der Waals surface area contributed by atoms with Crippen molar-refractivity contribution in [3.63, 3.8) is 0 Å². The van der Waals surface area contributed by atoms with E-state index >= 15 is 0 Å². The summed E-state index contributed by atoms with van der Waals surface area (Å²) in [6.07, 6.45) is 0.408. The normalized spacial score (nSPS) is 16.5. The number of piperazine rings is 1. The van der Waals surface area contributed by atoms with Crippen molar-refractivity contribution in [2.45, 2.75) is 58.2 Å². The van der Waals surface area contributed by atoms with Crippen molar-refractivity contribution in [2.24, 2.45) is 0 Å². The van der Waals surface area contributed by atoms with Gasteiger partial charge < -0.3 is 24.4 Å². The summed E-state index contributed by atoms with van der Waals surface area (Å²) in [6, 6.07) is 21.1. The monoisotopic (exact) mass is 642 g/mol. The molecule has 0 spiro atoms. The van der Waals surface area contributed by atoms with Crippen LogP contribution in [-0.4, -0.2) is 80.3 Å². The maximum Gasteiger partial charge on any atom is 0.407 e. The quantitative estimate of drug-likeness (QED) is 0.194. The minimum absolute atomic E-state index is 0.283. The Kier molecular flexibility index (Phi) is 10.4. The Bertz CT molecular complexity index is 1580. The molecule has 0 radical (unpaired) electrons. The van der Waals surface area contributed by atoms with Gasteiger partial charge in [-0.2, -0.15) is 0 Å². The summed E-state index contributed by atoms with van der Waals surface area (Å²) in [7, 11) is 3.11. The molecule has 2 aliphatic rings. The van der Waals surface area contributed by atoms with Gasteiger partial charge >= 0.3 is 6.09 Å². The molecule has 250 valence electrons. The van der Waals surface area contributed by atoms with Gasteiger partial charge in [-0.1, -0.05) is 42.5 Å². The lowest BCUT2D eigenvalue weighted by atomic mass is 9.99. The van der Waals surface area contributed by atoms with Gasteiger partial charge in [-0.05, 0) is 75.9 Å². The number of amides is 3. The van der Waals surface area contributed by atoms with Crippen LogP contribution in [0.5, 0.6) is 11.5 Å². The largest absolute Gasteiger partial charge is 0.493 e. The van der Waals surface area contributed by atoms with Crippen LogP contribution in [0.2, 0.25) is 0 Å². The van der Waals surface area contributed by atoms with E-state index in [2.05, 4.69) is 46.3 Å². The van der Waals surface area contributed by atoms with E-state index in [1.807, 2.05) is 30.3 Å². The average molecular weight is 643 g/mol. The van der Waals surface area contributed by atoms with Gasteiger partial charge in [0.1, 0.15) is 5.60 Å². The Morgan fingerprint density at radius 3 is 2.21 bits per heavy atom. The molecule has 0 aliphatic carbocycles. The molecule has 3 aromatic rings. The molecule has 0 saturated carbocycles. The lowest BCUT2D eigenvalue weighted by Crippen LogP contribution is -2.47. The number of rotatable bonds is 11. The number of fused-ring (bicyclic) bond motifs is 1. The zero-order valence-corrected chi connectivity index (χ0v) is 28.2. The Balaban J connectivity index is 1.37. The van der Waals surface area contributed by atoms with Gasteiger partial charge in [0.2, 0.25) is 0 Å². The first kappa shape index (κ1) is 33.8. The second-order valence-electron chi connectivity index (χ2n) is 13.0. The highest BCUT2D eigenvalue weighted by Crippen LogP contribution is 2.40. The Morgan fingerprint density at radius 2 is 1.55 bits per heavy atom. The first-order chi connectivity index (χ1) is 22.5. The molecule has 0 bridgehead atoms. The first-order valence-electron chi connectivity index (χ1n) is 16.3. The van der Waals surface area contributed by atoms with Crippen LogP contribution in [0.4, 0.5) is 10.5 Å². The predicted molar refractivity (Wildman–Crippen MR) is 181 cm³/mol. The van der Waals surface area contributed by atoms with Crippen LogP contribution in [0, 0.1) is 0 Å². The molecule has 1 fully saturated rings. The number of ether oxygens (including phenoxy) is 3. The van der Waals surface area contributed by atoms with Crippen molar-refractivity contribution in [1.82, 2.24) is 15.1 Å². The van der Waals surface area contributed by atoms with Crippen LogP contribution >= 0.6 is 0 Å². The molecule has 1 unspecified atom stereocenters. The predicted octanol–water partition coefficient (Wildman–Crippen LogP) is 6.23. The summed E-state index contributed by atoms with van der Waals surface area (Å²) in [5, 5.41) is 2.79. The van der Waals surface area contributed by atoms with Gasteiger partial charge in [-0.25, -0.2) is 4.79 Å². The third-order valence-electron chi connectivity index (χ3n) is 8.84. The molecule has 10 heteroatoms. The highest BCUT2D eigenvalue weighted by Gasteiger charge is 2.43. The first-order valence-corrected chi connectivity index (χ1v) is 16.3. The number of methoxy groups -OCH3 is 2. The Hall–Kier alpha value is -4.57. The molecular formula is C37H46N4O6. The van der Waals surface area contributed by atoms with Crippen LogP contribution in [-0.2, 0) is 4.74 Å². The van der Waals surface area contributed by atoms with Crippen molar-refractivity contribution in [3.8, 4) is 11.5 Å². The number of benzene rings is 3. The zero-order valence-electron chi connectivity index (χ0n) is 28.2. The van der Waals surface area contributed by atoms with Gasteiger partial charge in [0.05, 0.1) is 37.1 Å². The number of carbonyl (C=O) groups excluding carboxylic acids is 3. The lowest BCUT2D eigenvalue weighted by Gasteiger charge is -2.39. The topological polar surface area (TPSA) is 101 Å². The number of carbonyl (C=O) groups is 3. The SMILES string of the molecule is COc1ccc(C(CCCNC(=O)OC(C)(C)C)N2C(=O)c3cccc(N4CCN([C@H](C)c5ccccc5)CC4)c3C2=O)cc1OC. The summed E-state index contributed by atoms with van der Waals surface area (Å²) in [5.41, 5.74) is 3.04.